The normalized spacial score (nSPS) is 11.1. The van der Waals surface area contributed by atoms with Crippen LogP contribution in [0.15, 0.2) is 39.2 Å². The van der Waals surface area contributed by atoms with Crippen LogP contribution in [-0.4, -0.2) is 10.1 Å². The summed E-state index contributed by atoms with van der Waals surface area (Å²) in [6.45, 7) is 2.49. The molecule has 104 valence electrons. The number of aromatic nitrogens is 1. The summed E-state index contributed by atoms with van der Waals surface area (Å²) in [6.07, 6.45) is 0.785. The molecule has 2 aromatic heterocycles. The van der Waals surface area contributed by atoms with Crippen LogP contribution in [0.4, 0.5) is 5.69 Å². The van der Waals surface area contributed by atoms with E-state index in [0.29, 0.717) is 12.3 Å². The first-order valence-corrected chi connectivity index (χ1v) is 6.60. The number of aliphatic hydroxyl groups is 1. The molecule has 5 nitrogen and oxygen atoms in total. The van der Waals surface area contributed by atoms with E-state index in [1.54, 1.807) is 6.07 Å². The lowest BCUT2D eigenvalue weighted by molar-refractivity contribution is 0.244. The number of hydrogen-bond acceptors (Lipinski definition) is 5. The van der Waals surface area contributed by atoms with Crippen molar-refractivity contribution in [3.8, 4) is 0 Å². The number of furan rings is 1. The lowest BCUT2D eigenvalue weighted by Crippen LogP contribution is -1.97. The number of aliphatic hydroxyl groups excluding tert-OH is 1. The minimum Gasteiger partial charge on any atom is -0.462 e. The highest BCUT2D eigenvalue weighted by Gasteiger charge is 2.05. The standard InChI is InChI=1S/C15H16N2O3/c1-2-15-17-13-7-10(3-6-14(13)20-15)16-8-11-4-5-12(9-18)19-11/h3-7,16,18H,2,8-9H2,1H3. The quantitative estimate of drug-likeness (QED) is 0.746. The molecule has 1 aromatic carbocycles. The van der Waals surface area contributed by atoms with Gasteiger partial charge in [-0.2, -0.15) is 0 Å². The first-order chi connectivity index (χ1) is 9.78. The third-order valence-electron chi connectivity index (χ3n) is 3.07. The molecule has 0 amide bonds. The van der Waals surface area contributed by atoms with Crippen molar-refractivity contribution in [3.05, 3.63) is 47.7 Å². The van der Waals surface area contributed by atoms with Gasteiger partial charge >= 0.3 is 0 Å². The van der Waals surface area contributed by atoms with E-state index in [1.165, 1.54) is 0 Å². The van der Waals surface area contributed by atoms with E-state index in [4.69, 9.17) is 13.9 Å². The Balaban J connectivity index is 1.73. The second-order valence-corrected chi connectivity index (χ2v) is 4.52. The van der Waals surface area contributed by atoms with Crippen LogP contribution in [0.2, 0.25) is 0 Å². The van der Waals surface area contributed by atoms with E-state index >= 15 is 0 Å². The molecule has 3 aromatic rings. The second-order valence-electron chi connectivity index (χ2n) is 4.52. The number of fused-ring (bicyclic) bond motifs is 1. The van der Waals surface area contributed by atoms with Crippen LogP contribution < -0.4 is 5.32 Å². The van der Waals surface area contributed by atoms with Gasteiger partial charge in [0.2, 0.25) is 0 Å². The maximum atomic E-state index is 8.95. The monoisotopic (exact) mass is 272 g/mol. The smallest absolute Gasteiger partial charge is 0.195 e. The van der Waals surface area contributed by atoms with E-state index in [1.807, 2.05) is 31.2 Å². The van der Waals surface area contributed by atoms with Gasteiger partial charge in [-0.05, 0) is 30.3 Å². The van der Waals surface area contributed by atoms with Crippen molar-refractivity contribution in [3.63, 3.8) is 0 Å². The molecule has 0 aliphatic carbocycles. The SMILES string of the molecule is CCc1nc2cc(NCc3ccc(CO)o3)ccc2o1. The summed E-state index contributed by atoms with van der Waals surface area (Å²) in [5.74, 6) is 2.10. The van der Waals surface area contributed by atoms with Crippen LogP contribution in [0.3, 0.4) is 0 Å². The Bertz CT molecular complexity index is 715. The van der Waals surface area contributed by atoms with Gasteiger partial charge in [0.1, 0.15) is 23.6 Å². The molecule has 3 rings (SSSR count). The molecule has 5 heteroatoms. The Morgan fingerprint density at radius 3 is 2.75 bits per heavy atom. The van der Waals surface area contributed by atoms with Crippen LogP contribution in [0.5, 0.6) is 0 Å². The van der Waals surface area contributed by atoms with Gasteiger partial charge in [-0.1, -0.05) is 6.92 Å². The predicted octanol–water partition coefficient (Wildman–Crippen LogP) is 3.09. The Hall–Kier alpha value is -2.27. The number of aryl methyl sites for hydroxylation is 1. The van der Waals surface area contributed by atoms with Gasteiger partial charge in [0.15, 0.2) is 11.5 Å². The molecule has 0 bridgehead atoms. The zero-order valence-corrected chi connectivity index (χ0v) is 11.2. The highest BCUT2D eigenvalue weighted by molar-refractivity contribution is 5.77. The zero-order valence-electron chi connectivity index (χ0n) is 11.2. The van der Waals surface area contributed by atoms with E-state index in [2.05, 4.69) is 10.3 Å². The average Bonchev–Trinajstić information content (AvgIpc) is 3.10. The number of nitrogens with one attached hydrogen (secondary N) is 1. The fraction of sp³-hybridized carbons (Fsp3) is 0.267. The molecule has 0 saturated carbocycles. The number of hydrogen-bond donors (Lipinski definition) is 2. The molecule has 0 saturated heterocycles. The molecule has 0 atom stereocenters. The first-order valence-electron chi connectivity index (χ1n) is 6.60. The molecule has 0 spiro atoms. The molecule has 20 heavy (non-hydrogen) atoms. The third kappa shape index (κ3) is 2.53. The minimum atomic E-state index is -0.0787. The lowest BCUT2D eigenvalue weighted by Gasteiger charge is -2.03. The van der Waals surface area contributed by atoms with Gasteiger partial charge in [-0.25, -0.2) is 4.98 Å². The summed E-state index contributed by atoms with van der Waals surface area (Å²) in [7, 11) is 0. The van der Waals surface area contributed by atoms with Crippen molar-refractivity contribution < 1.29 is 13.9 Å². The van der Waals surface area contributed by atoms with Crippen molar-refractivity contribution in [2.75, 3.05) is 5.32 Å². The molecular formula is C15H16N2O3. The largest absolute Gasteiger partial charge is 0.462 e. The second kappa shape index (κ2) is 5.38. The van der Waals surface area contributed by atoms with Crippen molar-refractivity contribution >= 4 is 16.8 Å². The van der Waals surface area contributed by atoms with Crippen molar-refractivity contribution in [1.82, 2.24) is 4.98 Å². The first kappa shape index (κ1) is 12.7. The fourth-order valence-corrected chi connectivity index (χ4v) is 2.03. The van der Waals surface area contributed by atoms with Crippen LogP contribution in [0, 0.1) is 0 Å². The minimum absolute atomic E-state index is 0.0787. The molecule has 2 N–H and O–H groups in total. The highest BCUT2D eigenvalue weighted by Crippen LogP contribution is 2.21. The summed E-state index contributed by atoms with van der Waals surface area (Å²) >= 11 is 0. The molecule has 0 radical (unpaired) electrons. The van der Waals surface area contributed by atoms with Crippen LogP contribution >= 0.6 is 0 Å². The lowest BCUT2D eigenvalue weighted by atomic mass is 10.3. The van der Waals surface area contributed by atoms with Gasteiger partial charge in [0.05, 0.1) is 6.54 Å². The summed E-state index contributed by atoms with van der Waals surface area (Å²) in [6, 6.07) is 9.43. The van der Waals surface area contributed by atoms with E-state index < -0.39 is 0 Å². The van der Waals surface area contributed by atoms with Gasteiger partial charge in [0.25, 0.3) is 0 Å². The molecule has 0 unspecified atom stereocenters. The fourth-order valence-electron chi connectivity index (χ4n) is 2.03. The summed E-state index contributed by atoms with van der Waals surface area (Å²) in [4.78, 5) is 4.40. The Morgan fingerprint density at radius 2 is 2.00 bits per heavy atom. The van der Waals surface area contributed by atoms with E-state index in [0.717, 1.165) is 34.9 Å². The van der Waals surface area contributed by atoms with Gasteiger partial charge in [-0.15, -0.1) is 0 Å². The number of anilines is 1. The molecule has 0 aliphatic rings. The molecule has 2 heterocycles. The van der Waals surface area contributed by atoms with Gasteiger partial charge in [-0.3, -0.25) is 0 Å². The summed E-state index contributed by atoms with van der Waals surface area (Å²) < 4.78 is 11.0. The molecule has 0 fully saturated rings. The summed E-state index contributed by atoms with van der Waals surface area (Å²) in [5, 5.41) is 12.2. The van der Waals surface area contributed by atoms with E-state index in [-0.39, 0.29) is 6.61 Å². The van der Waals surface area contributed by atoms with E-state index in [9.17, 15) is 0 Å². The number of rotatable bonds is 5. The third-order valence-corrected chi connectivity index (χ3v) is 3.07. The maximum Gasteiger partial charge on any atom is 0.195 e. The predicted molar refractivity (Wildman–Crippen MR) is 75.3 cm³/mol. The number of oxazole rings is 1. The average molecular weight is 272 g/mol. The summed E-state index contributed by atoms with van der Waals surface area (Å²) in [5.41, 5.74) is 2.60. The van der Waals surface area contributed by atoms with Crippen molar-refractivity contribution in [1.29, 1.82) is 0 Å². The maximum absolute atomic E-state index is 8.95. The van der Waals surface area contributed by atoms with Crippen LogP contribution in [0.1, 0.15) is 24.3 Å². The topological polar surface area (TPSA) is 71.4 Å². The van der Waals surface area contributed by atoms with Crippen molar-refractivity contribution in [2.24, 2.45) is 0 Å². The van der Waals surface area contributed by atoms with Gasteiger partial charge in [0, 0.05) is 12.1 Å². The Kier molecular flexibility index (Phi) is 3.43. The Labute approximate surface area is 116 Å². The number of nitrogens with zero attached hydrogens (tertiary/aromatic N) is 1. The Morgan fingerprint density at radius 1 is 1.15 bits per heavy atom. The number of benzene rings is 1. The van der Waals surface area contributed by atoms with Gasteiger partial charge < -0.3 is 19.3 Å². The highest BCUT2D eigenvalue weighted by atomic mass is 16.4. The van der Waals surface area contributed by atoms with Crippen LogP contribution in [0.25, 0.3) is 11.1 Å². The molecular weight excluding hydrogens is 256 g/mol. The zero-order chi connectivity index (χ0) is 13.9. The van der Waals surface area contributed by atoms with Crippen molar-refractivity contribution in [2.45, 2.75) is 26.5 Å². The van der Waals surface area contributed by atoms with Crippen LogP contribution in [-0.2, 0) is 19.6 Å². The molecule has 0 aliphatic heterocycles.